The van der Waals surface area contributed by atoms with Gasteiger partial charge in [0.15, 0.2) is 0 Å². The second kappa shape index (κ2) is 5.35. The smallest absolute Gasteiger partial charge is 0.104 e. The Balaban J connectivity index is 2.74. The van der Waals surface area contributed by atoms with Crippen LogP contribution in [-0.2, 0) is 4.74 Å². The molecule has 1 rings (SSSR count). The van der Waals surface area contributed by atoms with Crippen molar-refractivity contribution in [3.8, 4) is 0 Å². The summed E-state index contributed by atoms with van der Waals surface area (Å²) < 4.78 is 5.13. The van der Waals surface area contributed by atoms with Crippen LogP contribution < -0.4 is 0 Å². The third kappa shape index (κ3) is 2.98. The molecule has 0 fully saturated rings. The molecule has 1 atom stereocenters. The summed E-state index contributed by atoms with van der Waals surface area (Å²) in [6.07, 6.45) is -0.636. The van der Waals surface area contributed by atoms with Crippen LogP contribution in [-0.4, -0.2) is 18.3 Å². The molecule has 0 spiro atoms. The van der Waals surface area contributed by atoms with Crippen molar-refractivity contribution in [2.24, 2.45) is 0 Å². The van der Waals surface area contributed by atoms with Crippen molar-refractivity contribution in [2.75, 3.05) is 13.2 Å². The highest BCUT2D eigenvalue weighted by Crippen LogP contribution is 2.24. The molecular weight excluding hydrogens is 200 g/mol. The topological polar surface area (TPSA) is 29.5 Å². The molecule has 3 heteroatoms. The lowest BCUT2D eigenvalue weighted by Gasteiger charge is -2.12. The Morgan fingerprint density at radius 2 is 2.21 bits per heavy atom. The molecule has 1 aromatic carbocycles. The molecule has 0 heterocycles. The number of aliphatic hydroxyl groups excluding tert-OH is 1. The van der Waals surface area contributed by atoms with Gasteiger partial charge in [0, 0.05) is 17.2 Å². The zero-order chi connectivity index (χ0) is 10.6. The van der Waals surface area contributed by atoms with Crippen LogP contribution in [0.15, 0.2) is 18.2 Å². The molecule has 0 radical (unpaired) electrons. The lowest BCUT2D eigenvalue weighted by Crippen LogP contribution is -2.07. The summed E-state index contributed by atoms with van der Waals surface area (Å²) >= 11 is 5.99. The van der Waals surface area contributed by atoms with Crippen LogP contribution in [0.1, 0.15) is 24.2 Å². The molecule has 14 heavy (non-hydrogen) atoms. The number of hydrogen-bond acceptors (Lipinski definition) is 2. The van der Waals surface area contributed by atoms with Gasteiger partial charge in [0.25, 0.3) is 0 Å². The average Bonchev–Trinajstić information content (AvgIpc) is 2.14. The van der Waals surface area contributed by atoms with Gasteiger partial charge in [-0.1, -0.05) is 23.7 Å². The summed E-state index contributed by atoms with van der Waals surface area (Å²) in [5, 5.41) is 10.3. The van der Waals surface area contributed by atoms with Crippen LogP contribution in [0, 0.1) is 6.92 Å². The number of aryl methyl sites for hydroxylation is 1. The third-order valence-corrected chi connectivity index (χ3v) is 2.32. The summed E-state index contributed by atoms with van der Waals surface area (Å²) in [6.45, 7) is 4.74. The maximum absolute atomic E-state index is 9.71. The largest absolute Gasteiger partial charge is 0.386 e. The Hall–Kier alpha value is -0.570. The zero-order valence-corrected chi connectivity index (χ0v) is 9.21. The van der Waals surface area contributed by atoms with Gasteiger partial charge >= 0.3 is 0 Å². The number of halogens is 1. The number of benzene rings is 1. The molecular formula is C11H15ClO2. The van der Waals surface area contributed by atoms with E-state index >= 15 is 0 Å². The van der Waals surface area contributed by atoms with Gasteiger partial charge in [-0.3, -0.25) is 0 Å². The minimum Gasteiger partial charge on any atom is -0.386 e. The molecule has 1 unspecified atom stereocenters. The number of aliphatic hydroxyl groups is 1. The molecule has 0 aliphatic carbocycles. The summed E-state index contributed by atoms with van der Waals surface area (Å²) in [5.74, 6) is 0. The fourth-order valence-corrected chi connectivity index (χ4v) is 1.58. The van der Waals surface area contributed by atoms with Crippen molar-refractivity contribution < 1.29 is 9.84 Å². The highest BCUT2D eigenvalue weighted by molar-refractivity contribution is 6.31. The normalized spacial score (nSPS) is 12.9. The highest BCUT2D eigenvalue weighted by atomic mass is 35.5. The first-order valence-electron chi connectivity index (χ1n) is 4.67. The minimum absolute atomic E-state index is 0.291. The highest BCUT2D eigenvalue weighted by Gasteiger charge is 2.10. The van der Waals surface area contributed by atoms with E-state index in [1.54, 1.807) is 0 Å². The lowest BCUT2D eigenvalue weighted by molar-refractivity contribution is 0.0421. The Morgan fingerprint density at radius 3 is 2.79 bits per heavy atom. The van der Waals surface area contributed by atoms with Gasteiger partial charge in [-0.25, -0.2) is 0 Å². The molecule has 78 valence electrons. The predicted molar refractivity (Wildman–Crippen MR) is 57.6 cm³/mol. The summed E-state index contributed by atoms with van der Waals surface area (Å²) in [7, 11) is 0. The van der Waals surface area contributed by atoms with Crippen LogP contribution in [0.3, 0.4) is 0 Å². The van der Waals surface area contributed by atoms with E-state index in [0.29, 0.717) is 18.2 Å². The zero-order valence-electron chi connectivity index (χ0n) is 8.46. The van der Waals surface area contributed by atoms with Crippen LogP contribution in [0.25, 0.3) is 0 Å². The molecule has 0 aliphatic rings. The minimum atomic E-state index is -0.636. The van der Waals surface area contributed by atoms with Crippen molar-refractivity contribution in [1.29, 1.82) is 0 Å². The van der Waals surface area contributed by atoms with E-state index < -0.39 is 6.10 Å². The monoisotopic (exact) mass is 214 g/mol. The van der Waals surface area contributed by atoms with Crippen molar-refractivity contribution in [3.05, 3.63) is 34.3 Å². The molecule has 0 amide bonds. The van der Waals surface area contributed by atoms with E-state index in [0.717, 1.165) is 11.1 Å². The lowest BCUT2D eigenvalue weighted by atomic mass is 10.1. The average molecular weight is 215 g/mol. The van der Waals surface area contributed by atoms with Gasteiger partial charge in [0.2, 0.25) is 0 Å². The SMILES string of the molecule is CCOCC(O)c1ccc(C)cc1Cl. The molecule has 0 aromatic heterocycles. The second-order valence-corrected chi connectivity index (χ2v) is 3.61. The van der Waals surface area contributed by atoms with Crippen molar-refractivity contribution in [1.82, 2.24) is 0 Å². The molecule has 0 bridgehead atoms. The molecule has 1 N–H and O–H groups in total. The molecule has 0 saturated heterocycles. The Morgan fingerprint density at radius 1 is 1.50 bits per heavy atom. The maximum Gasteiger partial charge on any atom is 0.104 e. The van der Waals surface area contributed by atoms with E-state index in [-0.39, 0.29) is 0 Å². The van der Waals surface area contributed by atoms with E-state index in [1.807, 2.05) is 32.0 Å². The summed E-state index contributed by atoms with van der Waals surface area (Å²) in [5.41, 5.74) is 1.81. The van der Waals surface area contributed by atoms with E-state index in [2.05, 4.69) is 0 Å². The first-order valence-corrected chi connectivity index (χ1v) is 5.04. The number of hydrogen-bond donors (Lipinski definition) is 1. The van der Waals surface area contributed by atoms with E-state index in [9.17, 15) is 5.11 Å². The number of rotatable bonds is 4. The third-order valence-electron chi connectivity index (χ3n) is 1.99. The maximum atomic E-state index is 9.71. The van der Waals surface area contributed by atoms with Crippen LogP contribution >= 0.6 is 11.6 Å². The fourth-order valence-electron chi connectivity index (χ4n) is 1.22. The van der Waals surface area contributed by atoms with Gasteiger partial charge in [-0.15, -0.1) is 0 Å². The van der Waals surface area contributed by atoms with Gasteiger partial charge in [0.05, 0.1) is 6.61 Å². The van der Waals surface area contributed by atoms with E-state index in [4.69, 9.17) is 16.3 Å². The van der Waals surface area contributed by atoms with Gasteiger partial charge in [-0.05, 0) is 25.5 Å². The first-order chi connectivity index (χ1) is 6.65. The molecule has 1 aromatic rings. The Labute approximate surface area is 89.5 Å². The Bertz CT molecular complexity index is 299. The standard InChI is InChI=1S/C11H15ClO2/c1-3-14-7-11(13)9-5-4-8(2)6-10(9)12/h4-6,11,13H,3,7H2,1-2H3. The molecule has 0 aliphatic heterocycles. The van der Waals surface area contributed by atoms with Crippen molar-refractivity contribution in [2.45, 2.75) is 20.0 Å². The quantitative estimate of drug-likeness (QED) is 0.835. The molecule has 0 saturated carbocycles. The fraction of sp³-hybridized carbons (Fsp3) is 0.455. The summed E-state index contributed by atoms with van der Waals surface area (Å²) in [4.78, 5) is 0. The van der Waals surface area contributed by atoms with Crippen molar-refractivity contribution >= 4 is 11.6 Å². The number of ether oxygens (including phenoxy) is 1. The van der Waals surface area contributed by atoms with Crippen LogP contribution in [0.4, 0.5) is 0 Å². The predicted octanol–water partition coefficient (Wildman–Crippen LogP) is 2.72. The Kier molecular flexibility index (Phi) is 4.39. The second-order valence-electron chi connectivity index (χ2n) is 3.20. The van der Waals surface area contributed by atoms with Crippen LogP contribution in [0.2, 0.25) is 5.02 Å². The molecule has 2 nitrogen and oxygen atoms in total. The first kappa shape index (κ1) is 11.5. The van der Waals surface area contributed by atoms with Crippen molar-refractivity contribution in [3.63, 3.8) is 0 Å². The summed E-state index contributed by atoms with van der Waals surface area (Å²) in [6, 6.07) is 5.60. The van der Waals surface area contributed by atoms with Gasteiger partial charge in [-0.2, -0.15) is 0 Å². The van der Waals surface area contributed by atoms with Gasteiger partial charge in [0.1, 0.15) is 6.10 Å². The van der Waals surface area contributed by atoms with Crippen LogP contribution in [0.5, 0.6) is 0 Å². The van der Waals surface area contributed by atoms with E-state index in [1.165, 1.54) is 0 Å². The van der Waals surface area contributed by atoms with Gasteiger partial charge < -0.3 is 9.84 Å².